The highest BCUT2D eigenvalue weighted by Gasteiger charge is 2.46. The number of piperidine rings is 1. The van der Waals surface area contributed by atoms with Crippen LogP contribution in [0.5, 0.6) is 0 Å². The predicted octanol–water partition coefficient (Wildman–Crippen LogP) is 0.419. The number of amides is 1. The van der Waals surface area contributed by atoms with Crippen molar-refractivity contribution >= 4 is 11.9 Å². The van der Waals surface area contributed by atoms with Crippen molar-refractivity contribution in [1.82, 2.24) is 10.2 Å². The Morgan fingerprint density at radius 3 is 2.61 bits per heavy atom. The molecule has 3 aliphatic heterocycles. The van der Waals surface area contributed by atoms with E-state index >= 15 is 0 Å². The number of carbonyl (C=O) groups is 2. The number of hydrogen-bond donors (Lipinski definition) is 1. The van der Waals surface area contributed by atoms with Crippen molar-refractivity contribution in [2.24, 2.45) is 5.41 Å². The summed E-state index contributed by atoms with van der Waals surface area (Å²) in [4.78, 5) is 25.4. The molecule has 0 aromatic heterocycles. The minimum Gasteiger partial charge on any atom is -0.456 e. The molecule has 0 unspecified atom stereocenters. The smallest absolute Gasteiger partial charge is 0.336 e. The second-order valence-electron chi connectivity index (χ2n) is 5.55. The van der Waals surface area contributed by atoms with E-state index in [-0.39, 0.29) is 23.9 Å². The largest absolute Gasteiger partial charge is 0.456 e. The number of likely N-dealkylation sites (tertiary alicyclic amines) is 1. The van der Waals surface area contributed by atoms with Gasteiger partial charge in [0.15, 0.2) is 0 Å². The van der Waals surface area contributed by atoms with Gasteiger partial charge < -0.3 is 15.0 Å². The number of nitrogens with one attached hydrogen (secondary N) is 1. The van der Waals surface area contributed by atoms with Gasteiger partial charge in [0.25, 0.3) is 0 Å². The van der Waals surface area contributed by atoms with E-state index < -0.39 is 0 Å². The molecule has 0 saturated carbocycles. The number of rotatable bonds is 1. The van der Waals surface area contributed by atoms with Crippen LogP contribution in [0.1, 0.15) is 26.2 Å². The van der Waals surface area contributed by atoms with E-state index in [1.807, 2.05) is 0 Å². The first-order valence-corrected chi connectivity index (χ1v) is 6.49. The van der Waals surface area contributed by atoms with Crippen molar-refractivity contribution in [2.45, 2.75) is 26.2 Å². The number of hydrogen-bond acceptors (Lipinski definition) is 4. The molecule has 2 saturated heterocycles. The van der Waals surface area contributed by atoms with Crippen molar-refractivity contribution in [3.63, 3.8) is 0 Å². The molecule has 0 aliphatic carbocycles. The summed E-state index contributed by atoms with van der Waals surface area (Å²) in [5.41, 5.74) is 1.48. The van der Waals surface area contributed by atoms with E-state index in [0.29, 0.717) is 12.0 Å². The number of carbonyl (C=O) groups excluding carboxylic acids is 2. The fourth-order valence-corrected chi connectivity index (χ4v) is 3.18. The topological polar surface area (TPSA) is 58.6 Å². The van der Waals surface area contributed by atoms with Gasteiger partial charge in [-0.3, -0.25) is 4.79 Å². The Balaban J connectivity index is 1.83. The van der Waals surface area contributed by atoms with Crippen LogP contribution < -0.4 is 5.32 Å². The van der Waals surface area contributed by atoms with E-state index in [2.05, 4.69) is 5.32 Å². The molecular formula is C13H18N2O3. The van der Waals surface area contributed by atoms with Crippen molar-refractivity contribution in [3.05, 3.63) is 11.3 Å². The zero-order chi connectivity index (χ0) is 12.8. The summed E-state index contributed by atoms with van der Waals surface area (Å²) in [5, 5.41) is 3.33. The van der Waals surface area contributed by atoms with Gasteiger partial charge in [0, 0.05) is 13.0 Å². The Hall–Kier alpha value is -1.36. The monoisotopic (exact) mass is 250 g/mol. The molecule has 0 radical (unpaired) electrons. The summed E-state index contributed by atoms with van der Waals surface area (Å²) in [6.45, 7) is 4.70. The molecule has 3 heterocycles. The molecule has 3 aliphatic rings. The van der Waals surface area contributed by atoms with Crippen LogP contribution in [0.25, 0.3) is 0 Å². The molecule has 1 amide bonds. The molecule has 1 N–H and O–H groups in total. The number of cyclic esters (lactones) is 1. The Morgan fingerprint density at radius 2 is 2.00 bits per heavy atom. The third-order valence-electron chi connectivity index (χ3n) is 4.39. The average Bonchev–Trinajstić information content (AvgIpc) is 2.83. The van der Waals surface area contributed by atoms with Crippen LogP contribution in [0.3, 0.4) is 0 Å². The van der Waals surface area contributed by atoms with Crippen LogP contribution >= 0.6 is 0 Å². The van der Waals surface area contributed by atoms with E-state index in [1.165, 1.54) is 0 Å². The lowest BCUT2D eigenvalue weighted by molar-refractivity contribution is -0.136. The zero-order valence-corrected chi connectivity index (χ0v) is 10.6. The van der Waals surface area contributed by atoms with Crippen LogP contribution in [0.4, 0.5) is 0 Å². The summed E-state index contributed by atoms with van der Waals surface area (Å²) in [6, 6.07) is 0. The molecule has 5 heteroatoms. The highest BCUT2D eigenvalue weighted by molar-refractivity contribution is 5.93. The standard InChI is InChI=1S/C13H18N2O3/c1-9-10(7-18-12(9)17)15-8-13(6-11(15)16)2-4-14-5-3-13/h14H,2-8H2,1H3. The molecule has 0 aromatic rings. The van der Waals surface area contributed by atoms with Crippen molar-refractivity contribution in [3.8, 4) is 0 Å². The lowest BCUT2D eigenvalue weighted by Crippen LogP contribution is -2.38. The maximum Gasteiger partial charge on any atom is 0.336 e. The van der Waals surface area contributed by atoms with Crippen molar-refractivity contribution in [2.75, 3.05) is 26.2 Å². The lowest BCUT2D eigenvalue weighted by Gasteiger charge is -2.33. The van der Waals surface area contributed by atoms with Gasteiger partial charge in [0.1, 0.15) is 6.61 Å². The molecule has 5 nitrogen and oxygen atoms in total. The molecule has 0 atom stereocenters. The van der Waals surface area contributed by atoms with Crippen LogP contribution in [0.2, 0.25) is 0 Å². The summed E-state index contributed by atoms with van der Waals surface area (Å²) in [5.74, 6) is -0.145. The summed E-state index contributed by atoms with van der Waals surface area (Å²) >= 11 is 0. The van der Waals surface area contributed by atoms with Gasteiger partial charge in [-0.15, -0.1) is 0 Å². The fraction of sp³-hybridized carbons (Fsp3) is 0.692. The molecule has 18 heavy (non-hydrogen) atoms. The van der Waals surface area contributed by atoms with Crippen LogP contribution in [0, 0.1) is 5.41 Å². The third-order valence-corrected chi connectivity index (χ3v) is 4.39. The molecule has 0 bridgehead atoms. The number of ether oxygens (including phenoxy) is 1. The number of esters is 1. The Labute approximate surface area is 106 Å². The first kappa shape index (κ1) is 11.7. The normalized spacial score (nSPS) is 27.3. The first-order valence-electron chi connectivity index (χ1n) is 6.49. The van der Waals surface area contributed by atoms with Gasteiger partial charge in [0.2, 0.25) is 5.91 Å². The van der Waals surface area contributed by atoms with Gasteiger partial charge in [-0.2, -0.15) is 0 Å². The average molecular weight is 250 g/mol. The van der Waals surface area contributed by atoms with Crippen LogP contribution in [0.15, 0.2) is 11.3 Å². The zero-order valence-electron chi connectivity index (χ0n) is 10.6. The van der Waals surface area contributed by atoms with Gasteiger partial charge in [-0.25, -0.2) is 4.79 Å². The van der Waals surface area contributed by atoms with Gasteiger partial charge in [-0.05, 0) is 38.3 Å². The second kappa shape index (κ2) is 4.09. The Kier molecular flexibility index (Phi) is 2.66. The molecule has 3 rings (SSSR count). The maximum atomic E-state index is 12.2. The second-order valence-corrected chi connectivity index (χ2v) is 5.55. The van der Waals surface area contributed by atoms with Crippen molar-refractivity contribution < 1.29 is 14.3 Å². The highest BCUT2D eigenvalue weighted by atomic mass is 16.5. The quantitative estimate of drug-likeness (QED) is 0.685. The first-order chi connectivity index (χ1) is 8.61. The summed E-state index contributed by atoms with van der Waals surface area (Å²) in [6.07, 6.45) is 2.69. The SMILES string of the molecule is CC1=C(N2CC3(CCNCC3)CC2=O)COC1=O. The van der Waals surface area contributed by atoms with E-state index in [1.54, 1.807) is 11.8 Å². The molecule has 2 fully saturated rings. The van der Waals surface area contributed by atoms with E-state index in [9.17, 15) is 9.59 Å². The summed E-state index contributed by atoms with van der Waals surface area (Å²) < 4.78 is 4.99. The van der Waals surface area contributed by atoms with Gasteiger partial charge in [0.05, 0.1) is 11.3 Å². The lowest BCUT2D eigenvalue weighted by atomic mass is 9.78. The number of nitrogens with zero attached hydrogens (tertiary/aromatic N) is 1. The Bertz CT molecular complexity index is 436. The molecule has 98 valence electrons. The highest BCUT2D eigenvalue weighted by Crippen LogP contribution is 2.41. The molecular weight excluding hydrogens is 232 g/mol. The van der Waals surface area contributed by atoms with Gasteiger partial charge in [-0.1, -0.05) is 0 Å². The van der Waals surface area contributed by atoms with Crippen molar-refractivity contribution in [1.29, 1.82) is 0 Å². The van der Waals surface area contributed by atoms with Crippen LogP contribution in [-0.4, -0.2) is 43.0 Å². The molecule has 1 spiro atoms. The third kappa shape index (κ3) is 1.73. The van der Waals surface area contributed by atoms with E-state index in [4.69, 9.17) is 4.74 Å². The van der Waals surface area contributed by atoms with Crippen LogP contribution in [-0.2, 0) is 14.3 Å². The van der Waals surface area contributed by atoms with Gasteiger partial charge >= 0.3 is 5.97 Å². The fourth-order valence-electron chi connectivity index (χ4n) is 3.18. The predicted molar refractivity (Wildman–Crippen MR) is 64.5 cm³/mol. The van der Waals surface area contributed by atoms with E-state index in [0.717, 1.165) is 38.2 Å². The minimum absolute atomic E-state index is 0.112. The summed E-state index contributed by atoms with van der Waals surface area (Å²) in [7, 11) is 0. The minimum atomic E-state index is -0.288. The maximum absolute atomic E-state index is 12.2. The Morgan fingerprint density at radius 1 is 1.28 bits per heavy atom. The molecule has 0 aromatic carbocycles.